The average Bonchev–Trinajstić information content (AvgIpc) is 2.93. The molecular weight excluding hydrogens is 398 g/mol. The molecule has 0 N–H and O–H groups in total. The Balaban J connectivity index is 1.85. The van der Waals surface area contributed by atoms with E-state index in [2.05, 4.69) is 44.0 Å². The largest absolute Gasteiger partial charge is 0.493 e. The predicted molar refractivity (Wildman–Crippen MR) is 86.5 cm³/mol. The van der Waals surface area contributed by atoms with Crippen LogP contribution in [-0.4, -0.2) is 6.61 Å². The third-order valence-corrected chi connectivity index (χ3v) is 4.22. The van der Waals surface area contributed by atoms with Crippen LogP contribution >= 0.6 is 31.9 Å². The molecule has 2 aromatic carbocycles. The minimum Gasteiger partial charge on any atom is -0.493 e. The minimum absolute atomic E-state index is 0.373. The van der Waals surface area contributed by atoms with Crippen LogP contribution in [0.25, 0.3) is 0 Å². The van der Waals surface area contributed by atoms with Gasteiger partial charge in [0, 0.05) is 20.9 Å². The summed E-state index contributed by atoms with van der Waals surface area (Å²) in [6, 6.07) is 11.6. The van der Waals surface area contributed by atoms with Crippen LogP contribution in [0.3, 0.4) is 0 Å². The molecule has 0 bridgehead atoms. The van der Waals surface area contributed by atoms with E-state index in [4.69, 9.17) is 14.7 Å². The highest BCUT2D eigenvalue weighted by Crippen LogP contribution is 2.34. The summed E-state index contributed by atoms with van der Waals surface area (Å²) in [5.41, 5.74) is 2.69. The smallest absolute Gasteiger partial charge is 0.137 e. The zero-order valence-electron chi connectivity index (χ0n) is 11.0. The normalized spacial score (nSPS) is 12.4. The van der Waals surface area contributed by atoms with Gasteiger partial charge in [-0.25, -0.2) is 0 Å². The van der Waals surface area contributed by atoms with Crippen LogP contribution in [0.5, 0.6) is 11.5 Å². The Labute approximate surface area is 139 Å². The molecule has 1 heterocycles. The lowest BCUT2D eigenvalue weighted by atomic mass is 10.1. The van der Waals surface area contributed by atoms with Crippen molar-refractivity contribution >= 4 is 31.9 Å². The van der Waals surface area contributed by atoms with Gasteiger partial charge in [0.25, 0.3) is 0 Å². The third-order valence-electron chi connectivity index (χ3n) is 3.27. The lowest BCUT2D eigenvalue weighted by molar-refractivity contribution is 0.291. The average molecular weight is 409 g/mol. The Morgan fingerprint density at radius 3 is 2.86 bits per heavy atom. The summed E-state index contributed by atoms with van der Waals surface area (Å²) >= 11 is 6.86. The molecule has 0 atom stereocenters. The van der Waals surface area contributed by atoms with Crippen molar-refractivity contribution < 1.29 is 9.47 Å². The molecule has 1 aliphatic heterocycles. The Kier molecular flexibility index (Phi) is 4.18. The molecule has 0 aliphatic carbocycles. The lowest BCUT2D eigenvalue weighted by Gasteiger charge is -2.12. The van der Waals surface area contributed by atoms with Crippen molar-refractivity contribution in [1.82, 2.24) is 0 Å². The first kappa shape index (κ1) is 14.4. The fourth-order valence-electron chi connectivity index (χ4n) is 2.32. The molecule has 3 rings (SSSR count). The van der Waals surface area contributed by atoms with Gasteiger partial charge in [-0.1, -0.05) is 31.9 Å². The maximum Gasteiger partial charge on any atom is 0.137 e. The van der Waals surface area contributed by atoms with Crippen molar-refractivity contribution in [2.45, 2.75) is 13.0 Å². The summed E-state index contributed by atoms with van der Waals surface area (Å²) in [6.45, 7) is 1.08. The molecule has 21 heavy (non-hydrogen) atoms. The first-order valence-electron chi connectivity index (χ1n) is 6.44. The highest BCUT2D eigenvalue weighted by molar-refractivity contribution is 9.10. The fourth-order valence-corrected chi connectivity index (χ4v) is 3.24. The van der Waals surface area contributed by atoms with E-state index >= 15 is 0 Å². The van der Waals surface area contributed by atoms with Crippen LogP contribution in [0, 0.1) is 11.3 Å². The Morgan fingerprint density at radius 2 is 2.05 bits per heavy atom. The molecule has 0 radical (unpaired) electrons. The number of ether oxygens (including phenoxy) is 2. The number of fused-ring (bicyclic) bond motifs is 1. The van der Waals surface area contributed by atoms with Gasteiger partial charge >= 0.3 is 0 Å². The van der Waals surface area contributed by atoms with Crippen molar-refractivity contribution in [2.24, 2.45) is 0 Å². The van der Waals surface area contributed by atoms with Crippen molar-refractivity contribution in [1.29, 1.82) is 5.26 Å². The second-order valence-corrected chi connectivity index (χ2v) is 6.52. The molecule has 0 unspecified atom stereocenters. The highest BCUT2D eigenvalue weighted by atomic mass is 79.9. The van der Waals surface area contributed by atoms with E-state index in [1.165, 1.54) is 5.56 Å². The maximum atomic E-state index is 9.16. The van der Waals surface area contributed by atoms with E-state index in [-0.39, 0.29) is 0 Å². The van der Waals surface area contributed by atoms with Gasteiger partial charge < -0.3 is 9.47 Å². The van der Waals surface area contributed by atoms with Crippen LogP contribution in [-0.2, 0) is 13.0 Å². The minimum atomic E-state index is 0.373. The summed E-state index contributed by atoms with van der Waals surface area (Å²) in [4.78, 5) is 0. The number of rotatable bonds is 3. The van der Waals surface area contributed by atoms with Gasteiger partial charge in [0.15, 0.2) is 0 Å². The molecule has 1 aliphatic rings. The molecule has 0 saturated heterocycles. The second kappa shape index (κ2) is 6.08. The maximum absolute atomic E-state index is 9.16. The van der Waals surface area contributed by atoms with Gasteiger partial charge in [-0.2, -0.15) is 5.26 Å². The van der Waals surface area contributed by atoms with Crippen molar-refractivity contribution in [3.8, 4) is 17.6 Å². The lowest BCUT2D eigenvalue weighted by Crippen LogP contribution is -2.00. The highest BCUT2D eigenvalue weighted by Gasteiger charge is 2.18. The molecule has 0 aromatic heterocycles. The van der Waals surface area contributed by atoms with Crippen LogP contribution in [0.15, 0.2) is 39.3 Å². The molecule has 0 saturated carbocycles. The van der Waals surface area contributed by atoms with E-state index in [1.54, 1.807) is 12.1 Å². The van der Waals surface area contributed by atoms with Crippen LogP contribution in [0.4, 0.5) is 0 Å². The van der Waals surface area contributed by atoms with Crippen LogP contribution in [0.1, 0.15) is 16.7 Å². The molecule has 5 heteroatoms. The van der Waals surface area contributed by atoms with Crippen LogP contribution in [0.2, 0.25) is 0 Å². The number of hydrogen-bond donors (Lipinski definition) is 0. The summed E-state index contributed by atoms with van der Waals surface area (Å²) in [7, 11) is 0. The Bertz CT molecular complexity index is 738. The molecule has 106 valence electrons. The topological polar surface area (TPSA) is 42.2 Å². The van der Waals surface area contributed by atoms with Gasteiger partial charge in [0.05, 0.1) is 12.2 Å². The molecule has 0 fully saturated rings. The number of hydrogen-bond acceptors (Lipinski definition) is 3. The van der Waals surface area contributed by atoms with Gasteiger partial charge in [0.1, 0.15) is 24.2 Å². The number of benzene rings is 2. The summed E-state index contributed by atoms with van der Waals surface area (Å²) in [5, 5.41) is 9.16. The van der Waals surface area contributed by atoms with E-state index in [0.717, 1.165) is 26.7 Å². The van der Waals surface area contributed by atoms with E-state index in [9.17, 15) is 0 Å². The van der Waals surface area contributed by atoms with Crippen molar-refractivity contribution in [2.75, 3.05) is 6.61 Å². The fraction of sp³-hybridized carbons (Fsp3) is 0.188. The molecule has 2 aromatic rings. The molecule has 0 amide bonds. The Hall–Kier alpha value is -1.51. The van der Waals surface area contributed by atoms with Crippen molar-refractivity contribution in [3.63, 3.8) is 0 Å². The van der Waals surface area contributed by atoms with Gasteiger partial charge in [0.2, 0.25) is 0 Å². The van der Waals surface area contributed by atoms with Crippen LogP contribution < -0.4 is 9.47 Å². The van der Waals surface area contributed by atoms with Gasteiger partial charge in [-0.3, -0.25) is 0 Å². The monoisotopic (exact) mass is 407 g/mol. The van der Waals surface area contributed by atoms with Crippen molar-refractivity contribution in [3.05, 3.63) is 56.0 Å². The quantitative estimate of drug-likeness (QED) is 0.745. The summed E-state index contributed by atoms with van der Waals surface area (Å²) < 4.78 is 13.4. The zero-order valence-corrected chi connectivity index (χ0v) is 14.2. The van der Waals surface area contributed by atoms with Gasteiger partial charge in [-0.05, 0) is 35.9 Å². The zero-order chi connectivity index (χ0) is 14.8. The predicted octanol–water partition coefficient (Wildman–Crippen LogP) is 4.60. The standard InChI is InChI=1S/C16H11Br2NO2/c17-13-1-2-15(11(6-13)8-19)21-9-12-7-14(18)5-10-3-4-20-16(10)12/h1-2,5-7H,3-4,9H2. The second-order valence-electron chi connectivity index (χ2n) is 4.69. The summed E-state index contributed by atoms with van der Waals surface area (Å²) in [6.07, 6.45) is 0.920. The third kappa shape index (κ3) is 3.07. The van der Waals surface area contributed by atoms with E-state index in [0.29, 0.717) is 24.5 Å². The number of nitrogens with zero attached hydrogens (tertiary/aromatic N) is 1. The first-order chi connectivity index (χ1) is 10.2. The first-order valence-corrected chi connectivity index (χ1v) is 8.02. The molecular formula is C16H11Br2NO2. The van der Waals surface area contributed by atoms with Gasteiger partial charge in [-0.15, -0.1) is 0 Å². The number of halogens is 2. The van der Waals surface area contributed by atoms with E-state index < -0.39 is 0 Å². The molecule has 0 spiro atoms. The Morgan fingerprint density at radius 1 is 1.19 bits per heavy atom. The summed E-state index contributed by atoms with van der Waals surface area (Å²) in [5.74, 6) is 1.49. The van der Waals surface area contributed by atoms with E-state index in [1.807, 2.05) is 12.1 Å². The number of nitriles is 1. The SMILES string of the molecule is N#Cc1cc(Br)ccc1OCc1cc(Br)cc2c1OCC2. The molecule has 3 nitrogen and oxygen atoms in total.